The molecule has 10 nitrogen and oxygen atoms in total. The van der Waals surface area contributed by atoms with Gasteiger partial charge >= 0.3 is 11.6 Å². The van der Waals surface area contributed by atoms with Crippen LogP contribution in [0.4, 0.5) is 0 Å². The Labute approximate surface area is 164 Å². The van der Waals surface area contributed by atoms with Gasteiger partial charge in [0.25, 0.3) is 0 Å². The minimum Gasteiger partial charge on any atom is -0.538 e. The molecule has 0 fully saturated rings. The van der Waals surface area contributed by atoms with Gasteiger partial charge in [0.15, 0.2) is 11.9 Å². The zero-order valence-electron chi connectivity index (χ0n) is 17.1. The van der Waals surface area contributed by atoms with Crippen molar-refractivity contribution in [2.75, 3.05) is 33.9 Å². The first-order valence-electron chi connectivity index (χ1n) is 8.93. The van der Waals surface area contributed by atoms with E-state index >= 15 is 0 Å². The maximum atomic E-state index is 10.8. The van der Waals surface area contributed by atoms with Gasteiger partial charge in [0, 0.05) is 13.2 Å². The highest BCUT2D eigenvalue weighted by Gasteiger charge is 2.15. The first kappa shape index (κ1) is 23.3. The summed E-state index contributed by atoms with van der Waals surface area (Å²) in [7, 11) is 7.25. The molecule has 0 unspecified atom stereocenters. The van der Waals surface area contributed by atoms with E-state index in [0.717, 1.165) is 6.54 Å². The van der Waals surface area contributed by atoms with E-state index in [9.17, 15) is 19.8 Å². The molecule has 2 rings (SSSR count). The van der Waals surface area contributed by atoms with Crippen molar-refractivity contribution in [1.82, 2.24) is 14.0 Å². The van der Waals surface area contributed by atoms with Gasteiger partial charge in [0.1, 0.15) is 37.9 Å². The van der Waals surface area contributed by atoms with Crippen molar-refractivity contribution < 1.29 is 33.7 Å². The third kappa shape index (κ3) is 6.78. The first-order valence-corrected chi connectivity index (χ1v) is 8.93. The van der Waals surface area contributed by atoms with E-state index in [4.69, 9.17) is 4.74 Å². The van der Waals surface area contributed by atoms with Crippen molar-refractivity contribution in [3.8, 4) is 0 Å². The topological polar surface area (TPSA) is 110 Å². The number of carboxylic acid groups (broad SMARTS) is 2. The Hall–Kier alpha value is -2.72. The standard InChI is InChI=1S/C9H15N3O2.C9H14N2O3/c1-10(2)4-6-12-7-5-11(3)8(12)9(13)14;1-3-14-7-6-11-5-4-10(2)8(11)9(12)13/h5,7H,4,6H2,1-3H3;4-5H,3,6-7H2,1-2H3. The Morgan fingerprint density at radius 2 is 1.46 bits per heavy atom. The molecule has 0 radical (unpaired) electrons. The van der Waals surface area contributed by atoms with Crippen LogP contribution in [0.25, 0.3) is 0 Å². The molecule has 0 bridgehead atoms. The number of imidazole rings is 2. The van der Waals surface area contributed by atoms with Gasteiger partial charge in [0.05, 0.1) is 20.7 Å². The average Bonchev–Trinajstić information content (AvgIpc) is 3.16. The predicted octanol–water partition coefficient (Wildman–Crippen LogP) is -3.05. The molecule has 0 atom stereocenters. The van der Waals surface area contributed by atoms with Crippen LogP contribution in [0.15, 0.2) is 24.8 Å². The molecule has 156 valence electrons. The van der Waals surface area contributed by atoms with E-state index in [-0.39, 0.29) is 11.6 Å². The smallest absolute Gasteiger partial charge is 0.304 e. The summed E-state index contributed by atoms with van der Waals surface area (Å²) in [6.45, 7) is 5.01. The molecule has 0 aliphatic carbocycles. The van der Waals surface area contributed by atoms with Crippen LogP contribution in [-0.2, 0) is 31.9 Å². The molecular weight excluding hydrogens is 366 g/mol. The molecule has 0 saturated heterocycles. The molecule has 0 saturated carbocycles. The molecule has 10 heteroatoms. The van der Waals surface area contributed by atoms with Crippen molar-refractivity contribution >= 4 is 11.9 Å². The predicted molar refractivity (Wildman–Crippen MR) is 94.9 cm³/mol. The highest BCUT2D eigenvalue weighted by atomic mass is 16.5. The molecule has 28 heavy (non-hydrogen) atoms. The fourth-order valence-electron chi connectivity index (χ4n) is 2.55. The van der Waals surface area contributed by atoms with Gasteiger partial charge in [-0.1, -0.05) is 0 Å². The molecule has 2 heterocycles. The molecule has 0 aliphatic rings. The fraction of sp³-hybridized carbons (Fsp3) is 0.556. The molecule has 0 aromatic carbocycles. The zero-order chi connectivity index (χ0) is 21.3. The normalized spacial score (nSPS) is 10.6. The van der Waals surface area contributed by atoms with Crippen LogP contribution in [0, 0.1) is 0 Å². The fourth-order valence-corrected chi connectivity index (χ4v) is 2.55. The van der Waals surface area contributed by atoms with Gasteiger partial charge in [-0.2, -0.15) is 0 Å². The average molecular weight is 395 g/mol. The number of rotatable bonds is 9. The largest absolute Gasteiger partial charge is 0.538 e. The van der Waals surface area contributed by atoms with Crippen LogP contribution in [0.3, 0.4) is 0 Å². The number of carboxylic acids is 2. The number of hydrogen-bond donors (Lipinski definition) is 0. The maximum absolute atomic E-state index is 10.8. The lowest BCUT2D eigenvalue weighted by molar-refractivity contribution is -0.675. The lowest BCUT2D eigenvalue weighted by Gasteiger charge is -2.08. The van der Waals surface area contributed by atoms with E-state index in [1.165, 1.54) is 4.57 Å². The van der Waals surface area contributed by atoms with Crippen molar-refractivity contribution in [2.24, 2.45) is 14.1 Å². The van der Waals surface area contributed by atoms with Crippen molar-refractivity contribution in [3.63, 3.8) is 0 Å². The number of ether oxygens (including phenoxy) is 1. The molecule has 0 amide bonds. The van der Waals surface area contributed by atoms with Crippen molar-refractivity contribution in [2.45, 2.75) is 20.0 Å². The number of likely N-dealkylation sites (N-methyl/N-ethyl adjacent to an activating group) is 1. The minimum atomic E-state index is -1.17. The number of nitrogens with zero attached hydrogens (tertiary/aromatic N) is 5. The highest BCUT2D eigenvalue weighted by molar-refractivity contribution is 5.80. The van der Waals surface area contributed by atoms with Crippen LogP contribution < -0.4 is 19.3 Å². The number of hydrogen-bond acceptors (Lipinski definition) is 6. The van der Waals surface area contributed by atoms with Crippen molar-refractivity contribution in [1.29, 1.82) is 0 Å². The Balaban J connectivity index is 0.000000280. The molecule has 0 N–H and O–H groups in total. The summed E-state index contributed by atoms with van der Waals surface area (Å²) in [6, 6.07) is 0. The van der Waals surface area contributed by atoms with Crippen molar-refractivity contribution in [3.05, 3.63) is 36.4 Å². The highest BCUT2D eigenvalue weighted by Crippen LogP contribution is 1.95. The van der Waals surface area contributed by atoms with Gasteiger partial charge in [-0.25, -0.2) is 18.3 Å². The van der Waals surface area contributed by atoms with Gasteiger partial charge in [-0.3, -0.25) is 0 Å². The van der Waals surface area contributed by atoms with E-state index < -0.39 is 11.9 Å². The Morgan fingerprint density at radius 1 is 1.00 bits per heavy atom. The summed E-state index contributed by atoms with van der Waals surface area (Å²) in [5, 5.41) is 21.5. The molecule has 2 aromatic rings. The summed E-state index contributed by atoms with van der Waals surface area (Å²) in [5.74, 6) is -1.96. The number of aromatic carboxylic acids is 2. The van der Waals surface area contributed by atoms with Gasteiger partial charge < -0.3 is 29.4 Å². The molecule has 2 aromatic heterocycles. The molecule has 0 spiro atoms. The quantitative estimate of drug-likeness (QED) is 0.330. The summed E-state index contributed by atoms with van der Waals surface area (Å²) in [6.07, 6.45) is 6.83. The van der Waals surface area contributed by atoms with Gasteiger partial charge in [0.2, 0.25) is 0 Å². The van der Waals surface area contributed by atoms with E-state index in [1.807, 2.05) is 25.9 Å². The summed E-state index contributed by atoms with van der Waals surface area (Å²) in [4.78, 5) is 23.5. The number of carbonyl (C=O) groups is 2. The van der Waals surface area contributed by atoms with Crippen LogP contribution in [0.5, 0.6) is 0 Å². The SMILES string of the molecule is CCOCCn1cc[n+](C)c1C(=O)[O-].CN(C)CCn1cc[n+](C)c1C(=O)[O-]. The second-order valence-corrected chi connectivity index (χ2v) is 6.43. The van der Waals surface area contributed by atoms with E-state index in [0.29, 0.717) is 26.3 Å². The summed E-state index contributed by atoms with van der Waals surface area (Å²) < 4.78 is 11.5. The van der Waals surface area contributed by atoms with E-state index in [2.05, 4.69) is 0 Å². The summed E-state index contributed by atoms with van der Waals surface area (Å²) >= 11 is 0. The third-order valence-corrected chi connectivity index (χ3v) is 3.99. The molecular formula is C18H29N5O5. The van der Waals surface area contributed by atoms with Crippen LogP contribution in [-0.4, -0.2) is 59.8 Å². The van der Waals surface area contributed by atoms with Crippen LogP contribution in [0.2, 0.25) is 0 Å². The number of aryl methyl sites for hydroxylation is 2. The number of carbonyl (C=O) groups excluding carboxylic acids is 2. The Morgan fingerprint density at radius 3 is 1.86 bits per heavy atom. The summed E-state index contributed by atoms with van der Waals surface area (Å²) in [5.41, 5.74) is 0. The lowest BCUT2D eigenvalue weighted by atomic mass is 10.5. The lowest BCUT2D eigenvalue weighted by Crippen LogP contribution is -2.41. The van der Waals surface area contributed by atoms with E-state index in [1.54, 1.807) is 52.6 Å². The monoisotopic (exact) mass is 395 g/mol. The Bertz CT molecular complexity index is 781. The second-order valence-electron chi connectivity index (χ2n) is 6.43. The molecule has 0 aliphatic heterocycles. The second kappa shape index (κ2) is 11.2. The van der Waals surface area contributed by atoms with Crippen LogP contribution >= 0.6 is 0 Å². The third-order valence-electron chi connectivity index (χ3n) is 3.99. The minimum absolute atomic E-state index is 0.157. The van der Waals surface area contributed by atoms with Gasteiger partial charge in [-0.05, 0) is 21.0 Å². The van der Waals surface area contributed by atoms with Gasteiger partial charge in [-0.15, -0.1) is 0 Å². The maximum Gasteiger partial charge on any atom is 0.304 e. The first-order chi connectivity index (χ1) is 13.2. The number of aromatic nitrogens is 4. The van der Waals surface area contributed by atoms with Crippen LogP contribution in [0.1, 0.15) is 28.2 Å². The zero-order valence-corrected chi connectivity index (χ0v) is 17.1. The Kier molecular flexibility index (Phi) is 9.33.